The molecule has 0 aliphatic carbocycles. The average Bonchev–Trinajstić information content (AvgIpc) is 3.11. The molecule has 1 fully saturated rings. The predicted octanol–water partition coefficient (Wildman–Crippen LogP) is 1.60. The van der Waals surface area contributed by atoms with Gasteiger partial charge in [-0.2, -0.15) is 0 Å². The molecule has 2 N–H and O–H groups in total. The van der Waals surface area contributed by atoms with Crippen molar-refractivity contribution in [2.75, 3.05) is 38.2 Å². The van der Waals surface area contributed by atoms with Crippen molar-refractivity contribution >= 4 is 17.5 Å². The quantitative estimate of drug-likeness (QED) is 0.763. The van der Waals surface area contributed by atoms with Crippen molar-refractivity contribution < 1.29 is 18.7 Å². The number of anilines is 1. The third kappa shape index (κ3) is 4.76. The summed E-state index contributed by atoms with van der Waals surface area (Å²) in [6, 6.07) is 8.18. The third-order valence-corrected chi connectivity index (χ3v) is 4.90. The van der Waals surface area contributed by atoms with Gasteiger partial charge in [0.25, 0.3) is 0 Å². The topological polar surface area (TPSA) is 75.6 Å². The van der Waals surface area contributed by atoms with Gasteiger partial charge in [0.2, 0.25) is 0 Å². The summed E-state index contributed by atoms with van der Waals surface area (Å²) in [6.45, 7) is 4.68. The summed E-state index contributed by atoms with van der Waals surface area (Å²) in [5.74, 6) is -2.02. The molecule has 3 rings (SSSR count). The molecule has 8 heteroatoms. The summed E-state index contributed by atoms with van der Waals surface area (Å²) in [5.41, 5.74) is 1.76. The summed E-state index contributed by atoms with van der Waals surface area (Å²) < 4.78 is 21.0. The van der Waals surface area contributed by atoms with Gasteiger partial charge in [0.1, 0.15) is 5.82 Å². The van der Waals surface area contributed by atoms with E-state index < -0.39 is 17.6 Å². The van der Waals surface area contributed by atoms with Gasteiger partial charge in [0, 0.05) is 44.3 Å². The van der Waals surface area contributed by atoms with Crippen molar-refractivity contribution in [1.82, 2.24) is 14.8 Å². The van der Waals surface area contributed by atoms with Crippen LogP contribution < -0.4 is 10.6 Å². The molecule has 1 aliphatic heterocycles. The maximum absolute atomic E-state index is 13.6. The smallest absolute Gasteiger partial charge is 0.313 e. The van der Waals surface area contributed by atoms with Crippen molar-refractivity contribution in [1.29, 1.82) is 0 Å². The first-order valence-electron chi connectivity index (χ1n) is 9.24. The van der Waals surface area contributed by atoms with E-state index in [2.05, 4.69) is 15.5 Å². The van der Waals surface area contributed by atoms with Crippen LogP contribution in [-0.4, -0.2) is 54.1 Å². The zero-order chi connectivity index (χ0) is 20.1. The maximum Gasteiger partial charge on any atom is 0.313 e. The first-order chi connectivity index (χ1) is 13.5. The Morgan fingerprint density at radius 3 is 2.61 bits per heavy atom. The molecule has 0 unspecified atom stereocenters. The number of halogens is 1. The molecular weight excluding hydrogens is 363 g/mol. The van der Waals surface area contributed by atoms with Crippen LogP contribution in [0.3, 0.4) is 0 Å². The van der Waals surface area contributed by atoms with E-state index in [1.807, 2.05) is 29.9 Å². The Labute approximate surface area is 163 Å². The minimum Gasteiger partial charge on any atom is -0.379 e. The van der Waals surface area contributed by atoms with Gasteiger partial charge in [0.05, 0.1) is 19.3 Å². The van der Waals surface area contributed by atoms with Crippen LogP contribution in [0.4, 0.5) is 10.1 Å². The van der Waals surface area contributed by atoms with Crippen molar-refractivity contribution in [3.05, 3.63) is 53.6 Å². The first kappa shape index (κ1) is 20.0. The third-order valence-electron chi connectivity index (χ3n) is 4.90. The van der Waals surface area contributed by atoms with E-state index in [0.717, 1.165) is 18.8 Å². The number of nitrogens with zero attached hydrogens (tertiary/aromatic N) is 2. The van der Waals surface area contributed by atoms with Gasteiger partial charge < -0.3 is 19.9 Å². The molecule has 150 valence electrons. The Kier molecular flexibility index (Phi) is 6.43. The van der Waals surface area contributed by atoms with Crippen LogP contribution >= 0.6 is 0 Å². The van der Waals surface area contributed by atoms with E-state index in [4.69, 9.17) is 4.74 Å². The summed E-state index contributed by atoms with van der Waals surface area (Å²) >= 11 is 0. The van der Waals surface area contributed by atoms with Crippen molar-refractivity contribution in [2.45, 2.75) is 13.0 Å². The molecule has 0 bridgehead atoms. The van der Waals surface area contributed by atoms with Gasteiger partial charge in [-0.05, 0) is 36.8 Å². The van der Waals surface area contributed by atoms with Crippen molar-refractivity contribution in [3.8, 4) is 0 Å². The molecule has 0 saturated carbocycles. The highest BCUT2D eigenvalue weighted by atomic mass is 19.1. The molecule has 0 radical (unpaired) electrons. The molecule has 1 aromatic carbocycles. The Morgan fingerprint density at radius 2 is 1.96 bits per heavy atom. The van der Waals surface area contributed by atoms with E-state index in [0.29, 0.717) is 18.8 Å². The number of morpholine rings is 1. The van der Waals surface area contributed by atoms with Gasteiger partial charge in [-0.15, -0.1) is 0 Å². The molecule has 7 nitrogen and oxygen atoms in total. The fourth-order valence-electron chi connectivity index (χ4n) is 3.26. The van der Waals surface area contributed by atoms with Crippen LogP contribution in [0, 0.1) is 12.7 Å². The maximum atomic E-state index is 13.6. The van der Waals surface area contributed by atoms with E-state index in [-0.39, 0.29) is 18.3 Å². The average molecular weight is 388 g/mol. The van der Waals surface area contributed by atoms with E-state index in [9.17, 15) is 14.0 Å². The lowest BCUT2D eigenvalue weighted by molar-refractivity contribution is -0.136. The van der Waals surface area contributed by atoms with Crippen LogP contribution in [0.25, 0.3) is 0 Å². The molecule has 2 aromatic rings. The summed E-state index contributed by atoms with van der Waals surface area (Å²) in [6.07, 6.45) is 1.95. The van der Waals surface area contributed by atoms with Gasteiger partial charge >= 0.3 is 11.8 Å². The number of carbonyl (C=O) groups excluding carboxylic acids is 2. The highest BCUT2D eigenvalue weighted by molar-refractivity contribution is 6.39. The number of ether oxygens (including phenoxy) is 1. The lowest BCUT2D eigenvalue weighted by atomic mass is 10.1. The molecule has 1 aromatic heterocycles. The highest BCUT2D eigenvalue weighted by Gasteiger charge is 2.26. The molecular formula is C20H25FN4O3. The molecule has 1 saturated heterocycles. The Bertz CT molecular complexity index is 846. The minimum atomic E-state index is -0.823. The minimum absolute atomic E-state index is 0.0718. The van der Waals surface area contributed by atoms with Gasteiger partial charge in [-0.3, -0.25) is 14.5 Å². The summed E-state index contributed by atoms with van der Waals surface area (Å²) in [5, 5.41) is 5.13. The van der Waals surface area contributed by atoms with Crippen LogP contribution in [0.15, 0.2) is 36.5 Å². The van der Waals surface area contributed by atoms with Gasteiger partial charge in [-0.25, -0.2) is 4.39 Å². The number of rotatable bonds is 5. The summed E-state index contributed by atoms with van der Waals surface area (Å²) in [7, 11) is 1.95. The predicted molar refractivity (Wildman–Crippen MR) is 103 cm³/mol. The van der Waals surface area contributed by atoms with Crippen LogP contribution in [0.2, 0.25) is 0 Å². The second kappa shape index (κ2) is 8.99. The second-order valence-electron chi connectivity index (χ2n) is 6.84. The fraction of sp³-hybridized carbons (Fsp3) is 0.400. The van der Waals surface area contributed by atoms with E-state index in [1.165, 1.54) is 6.07 Å². The fourth-order valence-corrected chi connectivity index (χ4v) is 3.26. The number of amides is 2. The normalized spacial score (nSPS) is 15.8. The number of carbonyl (C=O) groups is 2. The number of nitrogens with one attached hydrogen (secondary N) is 2. The van der Waals surface area contributed by atoms with E-state index >= 15 is 0 Å². The van der Waals surface area contributed by atoms with Crippen molar-refractivity contribution in [3.63, 3.8) is 0 Å². The second-order valence-corrected chi connectivity index (χ2v) is 6.84. The van der Waals surface area contributed by atoms with Crippen LogP contribution in [0.5, 0.6) is 0 Å². The lowest BCUT2D eigenvalue weighted by Gasteiger charge is -2.34. The SMILES string of the molecule is Cc1ccc(NC(=O)C(=O)NC[C@@H](c2cccn2C)N2CCOCC2)cc1F. The molecule has 2 amide bonds. The number of hydrogen-bond acceptors (Lipinski definition) is 4. The number of benzene rings is 1. The standard InChI is InChI=1S/C20H25FN4O3/c1-14-5-6-15(12-16(14)21)23-20(27)19(26)22-13-18(17-4-3-7-24(17)2)25-8-10-28-11-9-25/h3-7,12,18H,8-11,13H2,1-2H3,(H,22,26)(H,23,27)/t18-/m0/s1. The number of aryl methyl sites for hydroxylation is 2. The Morgan fingerprint density at radius 1 is 1.21 bits per heavy atom. The summed E-state index contributed by atoms with van der Waals surface area (Å²) in [4.78, 5) is 26.7. The zero-order valence-corrected chi connectivity index (χ0v) is 16.1. The highest BCUT2D eigenvalue weighted by Crippen LogP contribution is 2.21. The monoisotopic (exact) mass is 388 g/mol. The Balaban J connectivity index is 1.63. The van der Waals surface area contributed by atoms with E-state index in [1.54, 1.807) is 19.1 Å². The largest absolute Gasteiger partial charge is 0.379 e. The van der Waals surface area contributed by atoms with Gasteiger partial charge in [-0.1, -0.05) is 6.07 Å². The van der Waals surface area contributed by atoms with Crippen LogP contribution in [-0.2, 0) is 21.4 Å². The number of hydrogen-bond donors (Lipinski definition) is 2. The van der Waals surface area contributed by atoms with Crippen molar-refractivity contribution in [2.24, 2.45) is 7.05 Å². The molecule has 1 atom stereocenters. The van der Waals surface area contributed by atoms with Crippen LogP contribution in [0.1, 0.15) is 17.3 Å². The molecule has 0 spiro atoms. The zero-order valence-electron chi connectivity index (χ0n) is 16.1. The molecule has 2 heterocycles. The Hall–Kier alpha value is -2.71. The number of aromatic nitrogens is 1. The first-order valence-corrected chi connectivity index (χ1v) is 9.24. The molecule has 28 heavy (non-hydrogen) atoms. The molecule has 1 aliphatic rings. The lowest BCUT2D eigenvalue weighted by Crippen LogP contribution is -2.46. The van der Waals surface area contributed by atoms with Gasteiger partial charge in [0.15, 0.2) is 0 Å².